The highest BCUT2D eigenvalue weighted by Gasteiger charge is 2.40. The molecular formula is C47H67N13O14S2. The number of rotatable bonds is 18. The molecule has 416 valence electrons. The number of phenolic OH excluding ortho intramolecular Hbond substituents is 1. The van der Waals surface area contributed by atoms with E-state index in [1.54, 1.807) is 30.3 Å². The molecule has 76 heavy (non-hydrogen) atoms. The van der Waals surface area contributed by atoms with Gasteiger partial charge in [-0.1, -0.05) is 64.1 Å². The maximum absolute atomic E-state index is 14.5. The van der Waals surface area contributed by atoms with Gasteiger partial charge in [0.1, 0.15) is 48.0 Å². The van der Waals surface area contributed by atoms with Crippen LogP contribution in [0.25, 0.3) is 0 Å². The van der Waals surface area contributed by atoms with Gasteiger partial charge in [-0.05, 0) is 61.9 Å². The maximum atomic E-state index is 14.5. The zero-order valence-corrected chi connectivity index (χ0v) is 43.3. The molecule has 2 saturated heterocycles. The molecule has 2 heterocycles. The first-order valence-electron chi connectivity index (χ1n) is 24.0. The summed E-state index contributed by atoms with van der Waals surface area (Å²) in [6.07, 6.45) is -1.10. The summed E-state index contributed by atoms with van der Waals surface area (Å²) >= 11 is 0. The normalized spacial score (nSPS) is 22.3. The lowest BCUT2D eigenvalue weighted by molar-refractivity contribution is -0.142. The lowest BCUT2D eigenvalue weighted by Crippen LogP contribution is -2.61. The topological polar surface area (TPSA) is 463 Å². The first-order valence-corrected chi connectivity index (χ1v) is 26.4. The van der Waals surface area contributed by atoms with Crippen molar-refractivity contribution in [3.05, 3.63) is 65.7 Å². The Bertz CT molecular complexity index is 2380. The van der Waals surface area contributed by atoms with Crippen LogP contribution < -0.4 is 65.9 Å². The fourth-order valence-electron chi connectivity index (χ4n) is 7.62. The molecule has 2 aliphatic heterocycles. The van der Waals surface area contributed by atoms with E-state index in [1.807, 2.05) is 0 Å². The number of primary amides is 3. The predicted molar refractivity (Wildman–Crippen MR) is 277 cm³/mol. The Hall–Kier alpha value is -7.50. The number of aliphatic carboxylic acids is 1. The summed E-state index contributed by atoms with van der Waals surface area (Å²) in [6, 6.07) is 3.04. The third-order valence-corrected chi connectivity index (χ3v) is 13.8. The molecule has 27 nitrogen and oxygen atoms in total. The van der Waals surface area contributed by atoms with Gasteiger partial charge in [0, 0.05) is 44.2 Å². The van der Waals surface area contributed by atoms with Crippen LogP contribution >= 0.6 is 21.6 Å². The van der Waals surface area contributed by atoms with Gasteiger partial charge in [-0.15, -0.1) is 0 Å². The van der Waals surface area contributed by atoms with Crippen molar-refractivity contribution < 1.29 is 67.7 Å². The van der Waals surface area contributed by atoms with Gasteiger partial charge in [0.15, 0.2) is 0 Å². The fraction of sp³-hybridized carbons (Fsp3) is 0.489. The van der Waals surface area contributed by atoms with Gasteiger partial charge < -0.3 is 81.0 Å². The molecule has 0 aromatic heterocycles. The molecule has 0 aliphatic carbocycles. The van der Waals surface area contributed by atoms with E-state index in [2.05, 4.69) is 37.2 Å². The summed E-state index contributed by atoms with van der Waals surface area (Å²) in [7, 11) is 2.02. The number of amides is 11. The standard InChI is InChI=1S/C45H63N13O12S2.C2H4O2/c46-16-4-8-28(39(64)51-21-37(50)62)53-44(69)34-9-5-17-58(34)45(70)33-23-72-71-22-27(47)38(63)54-30(19-25-10-12-26(59)13-11-25)42(67)55-31(18-24-6-2-1-3-7-24)41(66)52-29(14-15-35(48)60)40(65)56-32(20-36(49)61)43(68)57-33;1-2(3)4/h1-3,6-7,10-13,27-34,59H,4-5,8-9,14-23,46-47H2,(H2,48,60)(H2,49,61)(H2,50,62)(H,51,64)(H,52,66)(H,53,69)(H,54,63)(H,55,67)(H,56,65)(H,57,68);1H3,(H,3,4)/t27-,28-,29-,30-,31-,32-,33-,34-;/m0./s1. The van der Waals surface area contributed by atoms with Crippen molar-refractivity contribution in [2.24, 2.45) is 28.7 Å². The number of phenols is 1. The van der Waals surface area contributed by atoms with Crippen LogP contribution in [0.4, 0.5) is 0 Å². The van der Waals surface area contributed by atoms with Crippen molar-refractivity contribution in [1.29, 1.82) is 0 Å². The average molecular weight is 1100 g/mol. The summed E-state index contributed by atoms with van der Waals surface area (Å²) in [5.74, 6) is -10.9. The van der Waals surface area contributed by atoms with Crippen LogP contribution in [0.5, 0.6) is 5.75 Å². The quantitative estimate of drug-likeness (QED) is 0.0625. The monoisotopic (exact) mass is 1100 g/mol. The number of hydrogen-bond donors (Lipinski definition) is 14. The van der Waals surface area contributed by atoms with Crippen LogP contribution in [0.15, 0.2) is 54.6 Å². The van der Waals surface area contributed by atoms with Gasteiger partial charge in [-0.2, -0.15) is 0 Å². The molecule has 4 rings (SSSR count). The molecule has 2 aromatic rings. The molecule has 0 saturated carbocycles. The molecule has 29 heteroatoms. The number of likely N-dealkylation sites (tertiary alicyclic amines) is 1. The molecule has 0 spiro atoms. The molecule has 0 radical (unpaired) electrons. The van der Waals surface area contributed by atoms with Crippen LogP contribution in [0.3, 0.4) is 0 Å². The highest BCUT2D eigenvalue weighted by atomic mass is 33.1. The second kappa shape index (κ2) is 32.1. The molecule has 0 bridgehead atoms. The number of carbonyl (C=O) groups is 12. The number of nitrogens with one attached hydrogen (secondary N) is 7. The zero-order valence-electron chi connectivity index (χ0n) is 41.7. The molecule has 2 aromatic carbocycles. The largest absolute Gasteiger partial charge is 0.508 e. The summed E-state index contributed by atoms with van der Waals surface area (Å²) in [6.45, 7) is 0.784. The molecule has 11 amide bonds. The smallest absolute Gasteiger partial charge is 0.300 e. The van der Waals surface area contributed by atoms with Crippen LogP contribution in [-0.4, -0.2) is 166 Å². The van der Waals surface area contributed by atoms with Gasteiger partial charge >= 0.3 is 0 Å². The number of benzene rings is 2. The van der Waals surface area contributed by atoms with Crippen molar-refractivity contribution in [3.8, 4) is 5.75 Å². The first-order chi connectivity index (χ1) is 36.0. The molecule has 19 N–H and O–H groups in total. The Morgan fingerprint density at radius 2 is 1.26 bits per heavy atom. The Morgan fingerprint density at radius 3 is 1.84 bits per heavy atom. The van der Waals surface area contributed by atoms with Crippen molar-refractivity contribution in [1.82, 2.24) is 42.1 Å². The molecular weight excluding hydrogens is 1030 g/mol. The van der Waals surface area contributed by atoms with Crippen molar-refractivity contribution in [2.45, 2.75) is 113 Å². The van der Waals surface area contributed by atoms with Crippen LogP contribution in [0.2, 0.25) is 0 Å². The summed E-state index contributed by atoms with van der Waals surface area (Å²) in [5, 5.41) is 35.1. The maximum Gasteiger partial charge on any atom is 0.300 e. The van der Waals surface area contributed by atoms with E-state index in [-0.39, 0.29) is 56.0 Å². The minimum Gasteiger partial charge on any atom is -0.508 e. The van der Waals surface area contributed by atoms with E-state index < -0.39 is 145 Å². The van der Waals surface area contributed by atoms with Crippen LogP contribution in [0.1, 0.15) is 63.0 Å². The summed E-state index contributed by atoms with van der Waals surface area (Å²) in [5.41, 5.74) is 29.2. The first kappa shape index (κ1) is 62.8. The minimum atomic E-state index is -1.78. The highest BCUT2D eigenvalue weighted by Crippen LogP contribution is 2.26. The molecule has 2 fully saturated rings. The van der Waals surface area contributed by atoms with Crippen LogP contribution in [0, 0.1) is 0 Å². The number of carbonyl (C=O) groups excluding carboxylic acids is 11. The van der Waals surface area contributed by atoms with E-state index in [0.29, 0.717) is 24.0 Å². The number of nitrogens with two attached hydrogens (primary N) is 5. The van der Waals surface area contributed by atoms with Crippen LogP contribution in [-0.2, 0) is 70.4 Å². The van der Waals surface area contributed by atoms with Gasteiger partial charge in [-0.3, -0.25) is 57.5 Å². The van der Waals surface area contributed by atoms with E-state index in [1.165, 1.54) is 29.2 Å². The van der Waals surface area contributed by atoms with E-state index >= 15 is 0 Å². The van der Waals surface area contributed by atoms with Gasteiger partial charge in [0.2, 0.25) is 65.0 Å². The van der Waals surface area contributed by atoms with Gasteiger partial charge in [-0.25, -0.2) is 0 Å². The predicted octanol–water partition coefficient (Wildman–Crippen LogP) is -4.63. The Kier molecular flexibility index (Phi) is 26.5. The number of carboxylic acids is 1. The minimum absolute atomic E-state index is 0.0281. The number of aromatic hydroxyl groups is 1. The van der Waals surface area contributed by atoms with E-state index in [9.17, 15) is 57.8 Å². The Morgan fingerprint density at radius 1 is 0.724 bits per heavy atom. The molecule has 8 atom stereocenters. The van der Waals surface area contributed by atoms with Crippen molar-refractivity contribution >= 4 is 92.5 Å². The summed E-state index contributed by atoms with van der Waals surface area (Å²) in [4.78, 5) is 158. The molecule has 0 unspecified atom stereocenters. The third-order valence-electron chi connectivity index (χ3n) is 11.4. The van der Waals surface area contributed by atoms with E-state index in [0.717, 1.165) is 28.5 Å². The second-order valence-electron chi connectivity index (χ2n) is 17.6. The highest BCUT2D eigenvalue weighted by molar-refractivity contribution is 8.76. The lowest BCUT2D eigenvalue weighted by atomic mass is 10.0. The number of hydrogen-bond acceptors (Lipinski definition) is 17. The van der Waals surface area contributed by atoms with Gasteiger partial charge in [0.05, 0.1) is 19.0 Å². The second-order valence-corrected chi connectivity index (χ2v) is 20.2. The van der Waals surface area contributed by atoms with Crippen molar-refractivity contribution in [2.75, 3.05) is 31.1 Å². The lowest BCUT2D eigenvalue weighted by Gasteiger charge is -2.31. The van der Waals surface area contributed by atoms with E-state index in [4.69, 9.17) is 38.6 Å². The third kappa shape index (κ3) is 22.1. The number of nitrogens with zero attached hydrogens (tertiary/aromatic N) is 1. The fourth-order valence-corrected chi connectivity index (χ4v) is 9.90. The van der Waals surface area contributed by atoms with Gasteiger partial charge in [0.25, 0.3) is 5.97 Å². The average Bonchev–Trinajstić information content (AvgIpc) is 3.86. The SMILES string of the molecule is CC(=O)O.NCCC[C@H](NC(=O)[C@@H]1CCCN1C(=O)[C@@H]1CSSC[C@H](N)C(=O)N[C@@H](Cc2ccc(O)cc2)C(=O)N[C@@H](Cc2ccccc2)C(=O)N[C@@H](CCC(N)=O)C(=O)N[C@@H](CC(N)=O)C(=O)N1)C(=O)NCC(N)=O. The van der Waals surface area contributed by atoms with Crippen molar-refractivity contribution in [3.63, 3.8) is 0 Å². The molecule has 2 aliphatic rings. The summed E-state index contributed by atoms with van der Waals surface area (Å²) < 4.78 is 0. The Balaban J connectivity index is 0.00000366. The Labute approximate surface area is 445 Å². The zero-order chi connectivity index (χ0) is 56.5. The number of carboxylic acid groups (broad SMARTS) is 1.